The second-order valence-corrected chi connectivity index (χ2v) is 4.65. The number of carboxylic acids is 1. The van der Waals surface area contributed by atoms with Gasteiger partial charge in [0.25, 0.3) is 0 Å². The van der Waals surface area contributed by atoms with E-state index in [4.69, 9.17) is 14.6 Å². The van der Waals surface area contributed by atoms with Crippen molar-refractivity contribution in [3.63, 3.8) is 0 Å². The minimum absolute atomic E-state index is 0.119. The highest BCUT2D eigenvalue weighted by atomic mass is 16.5. The Balaban J connectivity index is 1.83. The molecule has 110 valence electrons. The molecule has 1 aliphatic rings. The Bertz CT molecular complexity index is 453. The zero-order chi connectivity index (χ0) is 14.4. The number of benzene rings is 1. The summed E-state index contributed by atoms with van der Waals surface area (Å²) in [7, 11) is 1.61. The average Bonchev–Trinajstić information content (AvgIpc) is 2.48. The molecule has 20 heavy (non-hydrogen) atoms. The van der Waals surface area contributed by atoms with Crippen LogP contribution < -0.4 is 20.1 Å². The maximum atomic E-state index is 11.1. The third-order valence-electron chi connectivity index (χ3n) is 3.30. The van der Waals surface area contributed by atoms with Gasteiger partial charge < -0.3 is 25.2 Å². The summed E-state index contributed by atoms with van der Waals surface area (Å²) in [6, 6.07) is 6.68. The van der Waals surface area contributed by atoms with Crippen LogP contribution in [0.1, 0.15) is 6.42 Å². The number of carbonyl (C=O) groups is 1. The van der Waals surface area contributed by atoms with Gasteiger partial charge in [0, 0.05) is 25.2 Å². The predicted molar refractivity (Wildman–Crippen MR) is 74.3 cm³/mol. The van der Waals surface area contributed by atoms with Gasteiger partial charge in [-0.05, 0) is 18.6 Å². The van der Waals surface area contributed by atoms with Gasteiger partial charge >= 0.3 is 5.97 Å². The highest BCUT2D eigenvalue weighted by molar-refractivity contribution is 5.74. The summed E-state index contributed by atoms with van der Waals surface area (Å²) in [6.45, 7) is 1.90. The third-order valence-corrected chi connectivity index (χ3v) is 3.30. The smallest absolute Gasteiger partial charge is 0.322 e. The van der Waals surface area contributed by atoms with Crippen molar-refractivity contribution in [2.75, 3.05) is 26.8 Å². The van der Waals surface area contributed by atoms with E-state index in [0.717, 1.165) is 18.0 Å². The van der Waals surface area contributed by atoms with E-state index in [1.165, 1.54) is 0 Å². The van der Waals surface area contributed by atoms with E-state index in [1.54, 1.807) is 13.2 Å². The molecule has 3 N–H and O–H groups in total. The van der Waals surface area contributed by atoms with Crippen LogP contribution in [-0.4, -0.2) is 50.0 Å². The molecule has 1 aliphatic heterocycles. The van der Waals surface area contributed by atoms with Crippen LogP contribution in [0, 0.1) is 0 Å². The Labute approximate surface area is 118 Å². The molecule has 1 unspecified atom stereocenters. The molecule has 0 saturated carbocycles. The summed E-state index contributed by atoms with van der Waals surface area (Å²) < 4.78 is 10.8. The zero-order valence-electron chi connectivity index (χ0n) is 11.5. The van der Waals surface area contributed by atoms with E-state index in [0.29, 0.717) is 19.6 Å². The molecule has 1 fully saturated rings. The van der Waals surface area contributed by atoms with E-state index in [9.17, 15) is 4.79 Å². The van der Waals surface area contributed by atoms with Crippen LogP contribution in [0.4, 0.5) is 0 Å². The molecule has 0 spiro atoms. The summed E-state index contributed by atoms with van der Waals surface area (Å²) in [5.41, 5.74) is 0. The largest absolute Gasteiger partial charge is 0.497 e. The highest BCUT2D eigenvalue weighted by Gasteiger charge is 2.29. The number of methoxy groups -OCH3 is 1. The zero-order valence-corrected chi connectivity index (χ0v) is 11.5. The van der Waals surface area contributed by atoms with Crippen molar-refractivity contribution < 1.29 is 19.4 Å². The van der Waals surface area contributed by atoms with Gasteiger partial charge in [0.05, 0.1) is 13.7 Å². The molecule has 2 rings (SSSR count). The summed E-state index contributed by atoms with van der Waals surface area (Å²) >= 11 is 0. The lowest BCUT2D eigenvalue weighted by atomic mass is 10.0. The van der Waals surface area contributed by atoms with Crippen LogP contribution in [0.5, 0.6) is 11.5 Å². The lowest BCUT2D eigenvalue weighted by Gasteiger charge is -2.30. The molecule has 0 radical (unpaired) electrons. The number of hydrogen-bond acceptors (Lipinski definition) is 5. The molecule has 2 atom stereocenters. The van der Waals surface area contributed by atoms with Gasteiger partial charge in [-0.2, -0.15) is 0 Å². The molecule has 1 heterocycles. The van der Waals surface area contributed by atoms with Gasteiger partial charge in [-0.1, -0.05) is 6.07 Å². The summed E-state index contributed by atoms with van der Waals surface area (Å²) in [5.74, 6) is 0.631. The molecule has 0 aliphatic carbocycles. The number of piperazine rings is 1. The van der Waals surface area contributed by atoms with Crippen molar-refractivity contribution in [1.29, 1.82) is 0 Å². The summed E-state index contributed by atoms with van der Waals surface area (Å²) in [4.78, 5) is 11.1. The molecule has 6 nitrogen and oxygen atoms in total. The highest BCUT2D eigenvalue weighted by Crippen LogP contribution is 2.19. The molecular weight excluding hydrogens is 260 g/mol. The van der Waals surface area contributed by atoms with Crippen LogP contribution in [0.25, 0.3) is 0 Å². The number of ether oxygens (including phenoxy) is 2. The van der Waals surface area contributed by atoms with Crippen LogP contribution in [0.2, 0.25) is 0 Å². The van der Waals surface area contributed by atoms with Crippen molar-refractivity contribution in [1.82, 2.24) is 10.6 Å². The average molecular weight is 280 g/mol. The molecule has 0 aromatic heterocycles. The van der Waals surface area contributed by atoms with Crippen molar-refractivity contribution in [3.8, 4) is 11.5 Å². The topological polar surface area (TPSA) is 79.8 Å². The minimum Gasteiger partial charge on any atom is -0.497 e. The number of carboxylic acid groups (broad SMARTS) is 1. The fourth-order valence-corrected chi connectivity index (χ4v) is 2.27. The first-order chi connectivity index (χ1) is 9.70. The number of rotatable bonds is 6. The second-order valence-electron chi connectivity index (χ2n) is 4.65. The molecule has 0 bridgehead atoms. The first-order valence-corrected chi connectivity index (χ1v) is 6.67. The van der Waals surface area contributed by atoms with Crippen molar-refractivity contribution in [2.45, 2.75) is 18.5 Å². The molecule has 1 aromatic rings. The Morgan fingerprint density at radius 1 is 1.35 bits per heavy atom. The van der Waals surface area contributed by atoms with Crippen LogP contribution >= 0.6 is 0 Å². The third kappa shape index (κ3) is 3.85. The lowest BCUT2D eigenvalue weighted by Crippen LogP contribution is -2.59. The maximum absolute atomic E-state index is 11.1. The van der Waals surface area contributed by atoms with E-state index in [2.05, 4.69) is 10.6 Å². The van der Waals surface area contributed by atoms with Crippen molar-refractivity contribution in [2.24, 2.45) is 0 Å². The normalized spacial score (nSPS) is 22.2. The molecule has 0 amide bonds. The van der Waals surface area contributed by atoms with Crippen molar-refractivity contribution >= 4 is 5.97 Å². The standard InChI is InChI=1S/C14H20N2O4/c1-19-10-3-2-4-11(9-10)20-8-5-12-13(14(17)18)16-7-6-15-12/h2-4,9,12-13,15-16H,5-8H2,1H3,(H,17,18)/t12-,13?/m1/s1. The second kappa shape index (κ2) is 7.12. The number of hydrogen-bond donors (Lipinski definition) is 3. The fraction of sp³-hybridized carbons (Fsp3) is 0.500. The monoisotopic (exact) mass is 280 g/mol. The summed E-state index contributed by atoms with van der Waals surface area (Å²) in [6.07, 6.45) is 0.626. The van der Waals surface area contributed by atoms with Gasteiger partial charge in [-0.3, -0.25) is 4.79 Å². The quantitative estimate of drug-likeness (QED) is 0.703. The molecule has 1 aromatic carbocycles. The van der Waals surface area contributed by atoms with Crippen LogP contribution in [0.15, 0.2) is 24.3 Å². The maximum Gasteiger partial charge on any atom is 0.322 e. The predicted octanol–water partition coefficient (Wildman–Crippen LogP) is 0.479. The number of aliphatic carboxylic acids is 1. The fourth-order valence-electron chi connectivity index (χ4n) is 2.27. The van der Waals surface area contributed by atoms with Gasteiger partial charge in [-0.15, -0.1) is 0 Å². The first-order valence-electron chi connectivity index (χ1n) is 6.67. The minimum atomic E-state index is -0.830. The Kier molecular flexibility index (Phi) is 5.20. The van der Waals surface area contributed by atoms with E-state index in [-0.39, 0.29) is 6.04 Å². The molecule has 6 heteroatoms. The van der Waals surface area contributed by atoms with Gasteiger partial charge in [0.1, 0.15) is 17.5 Å². The first kappa shape index (κ1) is 14.6. The van der Waals surface area contributed by atoms with Gasteiger partial charge in [0.2, 0.25) is 0 Å². The molecular formula is C14H20N2O4. The van der Waals surface area contributed by atoms with E-state index in [1.807, 2.05) is 18.2 Å². The summed E-state index contributed by atoms with van der Waals surface area (Å²) in [5, 5.41) is 15.3. The van der Waals surface area contributed by atoms with Crippen LogP contribution in [-0.2, 0) is 4.79 Å². The van der Waals surface area contributed by atoms with Gasteiger partial charge in [0.15, 0.2) is 0 Å². The SMILES string of the molecule is COc1cccc(OCC[C@H]2NCCNC2C(=O)O)c1. The van der Waals surface area contributed by atoms with E-state index >= 15 is 0 Å². The van der Waals surface area contributed by atoms with Gasteiger partial charge in [-0.25, -0.2) is 0 Å². The molecule has 1 saturated heterocycles. The number of nitrogens with one attached hydrogen (secondary N) is 2. The van der Waals surface area contributed by atoms with E-state index < -0.39 is 12.0 Å². The Hall–Kier alpha value is -1.79. The Morgan fingerprint density at radius 2 is 2.10 bits per heavy atom. The van der Waals surface area contributed by atoms with Crippen molar-refractivity contribution in [3.05, 3.63) is 24.3 Å². The Morgan fingerprint density at radius 3 is 2.85 bits per heavy atom. The lowest BCUT2D eigenvalue weighted by molar-refractivity contribution is -0.140. The van der Waals surface area contributed by atoms with Crippen LogP contribution in [0.3, 0.4) is 0 Å².